The number of rotatable bonds is 14. The van der Waals surface area contributed by atoms with Crippen molar-refractivity contribution in [3.8, 4) is 23.1 Å². The maximum Gasteiger partial charge on any atom is 0.297 e. The van der Waals surface area contributed by atoms with E-state index in [0.717, 1.165) is 75.3 Å². The Morgan fingerprint density at radius 1 is 0.959 bits per heavy atom. The van der Waals surface area contributed by atoms with Crippen molar-refractivity contribution in [2.24, 2.45) is 17.3 Å². The van der Waals surface area contributed by atoms with Gasteiger partial charge in [0.1, 0.15) is 18.0 Å². The van der Waals surface area contributed by atoms with Gasteiger partial charge >= 0.3 is 0 Å². The molecule has 3 saturated carbocycles. The molecule has 2 atom stereocenters. The molecule has 73 heavy (non-hydrogen) atoms. The molecule has 17 heteroatoms. The van der Waals surface area contributed by atoms with Crippen molar-refractivity contribution in [2.45, 2.75) is 145 Å². The molecule has 5 heterocycles. The van der Waals surface area contributed by atoms with Gasteiger partial charge in [0.2, 0.25) is 0 Å². The molecule has 0 unspecified atom stereocenters. The summed E-state index contributed by atoms with van der Waals surface area (Å²) in [5.41, 5.74) is 3.45. The number of aliphatic hydroxyl groups is 1. The monoisotopic (exact) mass is 1020 g/mol. The van der Waals surface area contributed by atoms with E-state index < -0.39 is 37.0 Å². The van der Waals surface area contributed by atoms with E-state index in [2.05, 4.69) is 62.9 Å². The van der Waals surface area contributed by atoms with Gasteiger partial charge in [0.15, 0.2) is 17.2 Å². The molecular formula is C56H69N7O9S. The number of anilines is 2. The van der Waals surface area contributed by atoms with E-state index >= 15 is 0 Å². The van der Waals surface area contributed by atoms with Crippen LogP contribution in [0.25, 0.3) is 11.0 Å². The van der Waals surface area contributed by atoms with Crippen molar-refractivity contribution in [1.29, 1.82) is 0 Å². The Kier molecular flexibility index (Phi) is 13.3. The zero-order chi connectivity index (χ0) is 50.6. The lowest BCUT2D eigenvalue weighted by Crippen LogP contribution is -2.54. The van der Waals surface area contributed by atoms with Crippen LogP contribution in [0.15, 0.2) is 77.8 Å². The number of nitrogens with one attached hydrogen (secondary N) is 3. The molecule has 16 nitrogen and oxygen atoms in total. The minimum Gasteiger partial charge on any atom is -0.489 e. The Balaban J connectivity index is 0.841. The highest BCUT2D eigenvalue weighted by Gasteiger charge is 2.50. The van der Waals surface area contributed by atoms with E-state index in [1.54, 1.807) is 24.4 Å². The average Bonchev–Trinajstić information content (AvgIpc) is 4.18. The molecule has 1 amide bonds. The summed E-state index contributed by atoms with van der Waals surface area (Å²) in [6.45, 7) is 9.77. The summed E-state index contributed by atoms with van der Waals surface area (Å²) >= 11 is 0. The minimum atomic E-state index is -4.71. The van der Waals surface area contributed by atoms with Gasteiger partial charge in [0, 0.05) is 60.6 Å². The van der Waals surface area contributed by atoms with Gasteiger partial charge in [0.25, 0.3) is 27.5 Å². The van der Waals surface area contributed by atoms with Crippen LogP contribution in [0, 0.1) is 27.4 Å². The number of benzene rings is 3. The molecule has 11 rings (SSSR count). The van der Waals surface area contributed by atoms with Gasteiger partial charge in [-0.25, -0.2) is 13.1 Å². The van der Waals surface area contributed by atoms with Crippen LogP contribution < -0.4 is 29.1 Å². The fourth-order valence-corrected chi connectivity index (χ4v) is 14.0. The molecule has 3 aliphatic carbocycles. The van der Waals surface area contributed by atoms with Gasteiger partial charge in [-0.2, -0.15) is 4.98 Å². The average molecular weight is 1020 g/mol. The van der Waals surface area contributed by atoms with E-state index in [9.17, 15) is 28.4 Å². The number of nitrogens with zero attached hydrogens (tertiary/aromatic N) is 4. The third-order valence-corrected chi connectivity index (χ3v) is 18.6. The predicted molar refractivity (Wildman–Crippen MR) is 279 cm³/mol. The highest BCUT2D eigenvalue weighted by Crippen LogP contribution is 2.55. The van der Waals surface area contributed by atoms with Gasteiger partial charge in [-0.3, -0.25) is 19.8 Å². The number of amides is 1. The molecule has 388 valence electrons. The number of ether oxygens (including phenoxy) is 3. The number of piperidine rings is 1. The second-order valence-corrected chi connectivity index (χ2v) is 24.3. The molecule has 5 aromatic rings. The van der Waals surface area contributed by atoms with Gasteiger partial charge < -0.3 is 34.5 Å². The summed E-state index contributed by atoms with van der Waals surface area (Å²) in [5, 5.41) is 27.1. The topological polar surface area (TPSA) is 201 Å². The van der Waals surface area contributed by atoms with Crippen molar-refractivity contribution < 1.29 is 37.5 Å². The molecule has 0 bridgehead atoms. The fraction of sp³-hybridized carbons (Fsp3) is 0.536. The molecule has 1 spiro atoms. The van der Waals surface area contributed by atoms with Crippen LogP contribution in [0.4, 0.5) is 17.1 Å². The zero-order valence-electron chi connectivity index (χ0n) is 42.2. The van der Waals surface area contributed by atoms with Crippen LogP contribution in [0.5, 0.6) is 23.1 Å². The minimum absolute atomic E-state index is 0.000577. The maximum atomic E-state index is 14.5. The van der Waals surface area contributed by atoms with Gasteiger partial charge in [-0.1, -0.05) is 51.0 Å². The van der Waals surface area contributed by atoms with Gasteiger partial charge in [0.05, 0.1) is 33.6 Å². The number of hydrogen-bond donors (Lipinski definition) is 4. The van der Waals surface area contributed by atoms with Crippen molar-refractivity contribution in [2.75, 3.05) is 43.1 Å². The van der Waals surface area contributed by atoms with Crippen LogP contribution in [0.1, 0.15) is 144 Å². The van der Waals surface area contributed by atoms with E-state index in [4.69, 9.17) is 19.2 Å². The summed E-state index contributed by atoms with van der Waals surface area (Å²) in [4.78, 5) is 38.9. The highest BCUT2D eigenvalue weighted by molar-refractivity contribution is 7.90. The maximum absolute atomic E-state index is 14.5. The Labute approximate surface area is 427 Å². The summed E-state index contributed by atoms with van der Waals surface area (Å²) in [5.74, 6) is 0.630. The van der Waals surface area contributed by atoms with Gasteiger partial charge in [-0.15, -0.1) is 0 Å². The SMILES string of the molecule is CC(C)c1ccccc1[C@H]1CCCN1C1CC2(CCN(c3ccc(C(=O)NS(=O)(=O)c4cc5c(c([N+](=O)[O-])c4)N[C@@H](C4CCC(C)(O)CC4)CO5)c(Oc4cc5cc[nH]c5nc4OCC4CCCC4)c3)CC2)C1. The number of aromatic nitrogens is 2. The fourth-order valence-electron chi connectivity index (χ4n) is 13.0. The molecule has 2 saturated heterocycles. The van der Waals surface area contributed by atoms with Crippen LogP contribution in [0.3, 0.4) is 0 Å². The molecular weight excluding hydrogens is 947 g/mol. The number of nitro benzene ring substituents is 1. The number of nitro groups is 1. The number of likely N-dealkylation sites (tertiary alicyclic amines) is 1. The van der Waals surface area contributed by atoms with Crippen molar-refractivity contribution >= 4 is 44.0 Å². The summed E-state index contributed by atoms with van der Waals surface area (Å²) in [6, 6.07) is 20.8. The number of aromatic amines is 1. The molecule has 5 fully saturated rings. The third kappa shape index (κ3) is 10.1. The number of hydrogen-bond acceptors (Lipinski definition) is 13. The Bertz CT molecular complexity index is 2980. The largest absolute Gasteiger partial charge is 0.489 e. The second kappa shape index (κ2) is 19.7. The Morgan fingerprint density at radius 3 is 2.48 bits per heavy atom. The van der Waals surface area contributed by atoms with Crippen molar-refractivity contribution in [1.82, 2.24) is 19.6 Å². The number of sulfonamides is 1. The summed E-state index contributed by atoms with van der Waals surface area (Å²) < 4.78 is 49.7. The number of pyridine rings is 1. The number of H-pyrrole nitrogens is 1. The second-order valence-electron chi connectivity index (χ2n) is 22.6. The summed E-state index contributed by atoms with van der Waals surface area (Å²) in [6.07, 6.45) is 15.7. The predicted octanol–water partition coefficient (Wildman–Crippen LogP) is 10.8. The first-order chi connectivity index (χ1) is 35.1. The molecule has 3 aliphatic heterocycles. The van der Waals surface area contributed by atoms with E-state index in [1.165, 1.54) is 42.9 Å². The molecule has 6 aliphatic rings. The molecule has 0 radical (unpaired) electrons. The number of carbonyl (C=O) groups excluding carboxylic acids is 1. The first-order valence-electron chi connectivity index (χ1n) is 26.6. The first-order valence-corrected chi connectivity index (χ1v) is 28.1. The molecule has 3 aromatic carbocycles. The lowest BCUT2D eigenvalue weighted by Gasteiger charge is -2.56. The standard InChI is InChI=1S/C56H69N7O9S/c1-35(2)42-11-6-7-12-43(42)46-13-8-24-62(46)40-31-56(32-40)21-25-61(26-22-56)39-14-15-44(48(28-39)72-50-27-38-18-23-57-52(38)59-54(50)71-33-36-9-4-5-10-36)53(64)60-73(68,69)41-29-47(63(66)67)51-49(30-41)70-34-45(58-51)37-16-19-55(3,65)20-17-37/h6-7,11-12,14-15,18,23,27-30,35-37,40,45-46,58,65H,4-5,8-10,13,16-17,19-22,24-26,31-34H2,1-3H3,(H,57,59)(H,60,64)/t37?,45-,46-,55?/m1/s1. The third-order valence-electron chi connectivity index (χ3n) is 17.3. The van der Waals surface area contributed by atoms with Crippen LogP contribution in [-0.2, 0) is 10.0 Å². The number of carbonyl (C=O) groups is 1. The highest BCUT2D eigenvalue weighted by atomic mass is 32.2. The Morgan fingerprint density at radius 2 is 1.73 bits per heavy atom. The van der Waals surface area contributed by atoms with E-state index in [1.807, 2.05) is 19.1 Å². The quantitative estimate of drug-likeness (QED) is 0.0605. The van der Waals surface area contributed by atoms with Crippen LogP contribution >= 0.6 is 0 Å². The van der Waals surface area contributed by atoms with Crippen molar-refractivity contribution in [3.63, 3.8) is 0 Å². The summed E-state index contributed by atoms with van der Waals surface area (Å²) in [7, 11) is -4.71. The molecule has 4 N–H and O–H groups in total. The number of fused-ring (bicyclic) bond motifs is 2. The van der Waals surface area contributed by atoms with Crippen LogP contribution in [-0.4, -0.2) is 89.8 Å². The van der Waals surface area contributed by atoms with E-state index in [-0.39, 0.29) is 58.4 Å². The smallest absolute Gasteiger partial charge is 0.297 e. The van der Waals surface area contributed by atoms with Crippen molar-refractivity contribution in [3.05, 3.63) is 99.7 Å². The zero-order valence-corrected chi connectivity index (χ0v) is 43.1. The van der Waals surface area contributed by atoms with Gasteiger partial charge in [-0.05, 0) is 149 Å². The first kappa shape index (κ1) is 49.3. The van der Waals surface area contributed by atoms with Crippen LogP contribution in [0.2, 0.25) is 0 Å². The Hall–Kier alpha value is -5.91. The van der Waals surface area contributed by atoms with E-state index in [0.29, 0.717) is 61.9 Å². The lowest BCUT2D eigenvalue weighted by atomic mass is 9.59. The lowest BCUT2D eigenvalue weighted by molar-refractivity contribution is -0.384. The molecule has 2 aromatic heterocycles. The normalized spacial score (nSPS) is 24.5.